The third-order valence-corrected chi connectivity index (χ3v) is 5.62. The summed E-state index contributed by atoms with van der Waals surface area (Å²) in [4.78, 5) is 2.55. The molecule has 0 atom stereocenters. The summed E-state index contributed by atoms with van der Waals surface area (Å²) in [6.45, 7) is 8.20. The number of likely N-dealkylation sites (tertiary alicyclic amines) is 1. The maximum absolute atomic E-state index is 6.37. The van der Waals surface area contributed by atoms with E-state index in [0.29, 0.717) is 16.7 Å². The topological polar surface area (TPSA) is 27.3 Å². The summed E-state index contributed by atoms with van der Waals surface area (Å²) in [6, 6.07) is 12.7. The predicted octanol–water partition coefficient (Wildman–Crippen LogP) is 5.43. The molecule has 0 bridgehead atoms. The number of anilines is 1. The van der Waals surface area contributed by atoms with E-state index in [1.807, 2.05) is 19.9 Å². The highest BCUT2D eigenvalue weighted by Crippen LogP contribution is 2.27. The number of nitrogens with one attached hydrogen (secondary N) is 2. The maximum atomic E-state index is 6.37. The highest BCUT2D eigenvalue weighted by atomic mass is 35.5. The average molecular weight is 402 g/mol. The number of hydrogen-bond donors (Lipinski definition) is 2. The van der Waals surface area contributed by atoms with Gasteiger partial charge in [-0.2, -0.15) is 0 Å². The first kappa shape index (κ1) is 20.1. The van der Waals surface area contributed by atoms with Crippen molar-refractivity contribution in [1.82, 2.24) is 10.2 Å². The zero-order valence-corrected chi connectivity index (χ0v) is 17.7. The van der Waals surface area contributed by atoms with Crippen molar-refractivity contribution in [2.75, 3.05) is 18.4 Å². The molecule has 27 heavy (non-hydrogen) atoms. The minimum Gasteiger partial charge on any atom is -0.358 e. The second-order valence-corrected chi connectivity index (χ2v) is 8.17. The molecule has 1 heterocycles. The lowest BCUT2D eigenvalue weighted by Crippen LogP contribution is -2.31. The van der Waals surface area contributed by atoms with Crippen molar-refractivity contribution < 1.29 is 0 Å². The van der Waals surface area contributed by atoms with Gasteiger partial charge in [-0.25, -0.2) is 0 Å². The molecular formula is C22H28ClN3S. The summed E-state index contributed by atoms with van der Waals surface area (Å²) in [5.74, 6) is 0. The van der Waals surface area contributed by atoms with E-state index >= 15 is 0 Å². The number of rotatable bonds is 5. The first-order valence-corrected chi connectivity index (χ1v) is 10.4. The van der Waals surface area contributed by atoms with E-state index in [0.717, 1.165) is 23.4 Å². The highest BCUT2D eigenvalue weighted by Gasteiger charge is 2.13. The smallest absolute Gasteiger partial charge is 0.171 e. The quantitative estimate of drug-likeness (QED) is 0.653. The Kier molecular flexibility index (Phi) is 7.11. The van der Waals surface area contributed by atoms with E-state index in [9.17, 15) is 0 Å². The van der Waals surface area contributed by atoms with Crippen LogP contribution in [0.5, 0.6) is 0 Å². The van der Waals surface area contributed by atoms with Crippen molar-refractivity contribution in [2.45, 2.75) is 46.2 Å². The molecule has 2 aromatic rings. The first-order valence-electron chi connectivity index (χ1n) is 9.63. The standard InChI is InChI=1S/C22H28ClN3S/c1-16-12-17(2)21(20(23)13-16)25-22(27)24-14-18-8-4-5-9-19(18)15-26-10-6-3-7-11-26/h4-5,8-9,12-13H,3,6-7,10-11,14-15H2,1-2H3,(H2,24,25,27). The number of aryl methyl sites for hydroxylation is 2. The molecule has 0 radical (unpaired) electrons. The van der Waals surface area contributed by atoms with Gasteiger partial charge in [0.15, 0.2) is 5.11 Å². The van der Waals surface area contributed by atoms with E-state index in [1.54, 1.807) is 0 Å². The van der Waals surface area contributed by atoms with E-state index in [-0.39, 0.29) is 0 Å². The third kappa shape index (κ3) is 5.68. The fourth-order valence-corrected chi connectivity index (χ4v) is 4.19. The van der Waals surface area contributed by atoms with Crippen molar-refractivity contribution in [3.8, 4) is 0 Å². The van der Waals surface area contributed by atoms with Crippen molar-refractivity contribution in [1.29, 1.82) is 0 Å². The van der Waals surface area contributed by atoms with E-state index in [2.05, 4.69) is 45.9 Å². The van der Waals surface area contributed by atoms with Gasteiger partial charge in [0, 0.05) is 13.1 Å². The molecule has 0 saturated carbocycles. The van der Waals surface area contributed by atoms with Crippen LogP contribution in [0.2, 0.25) is 5.02 Å². The van der Waals surface area contributed by atoms with Gasteiger partial charge in [-0.05, 0) is 80.3 Å². The average Bonchev–Trinajstić information content (AvgIpc) is 2.65. The van der Waals surface area contributed by atoms with Gasteiger partial charge in [-0.1, -0.05) is 48.4 Å². The van der Waals surface area contributed by atoms with Gasteiger partial charge >= 0.3 is 0 Å². The second kappa shape index (κ2) is 9.54. The summed E-state index contributed by atoms with van der Waals surface area (Å²) in [5, 5.41) is 7.88. The first-order chi connectivity index (χ1) is 13.0. The number of hydrogen-bond acceptors (Lipinski definition) is 2. The molecule has 0 spiro atoms. The van der Waals surface area contributed by atoms with E-state index in [4.69, 9.17) is 23.8 Å². The molecule has 3 nitrogen and oxygen atoms in total. The molecule has 2 aromatic carbocycles. The normalized spacial score (nSPS) is 14.8. The van der Waals surface area contributed by atoms with Crippen LogP contribution in [0.4, 0.5) is 5.69 Å². The molecular weight excluding hydrogens is 374 g/mol. The molecule has 1 saturated heterocycles. The number of thiocarbonyl (C=S) groups is 1. The molecule has 0 amide bonds. The second-order valence-electron chi connectivity index (χ2n) is 7.35. The van der Waals surface area contributed by atoms with E-state index in [1.165, 1.54) is 43.5 Å². The van der Waals surface area contributed by atoms with Crippen LogP contribution in [0.3, 0.4) is 0 Å². The number of nitrogens with zero attached hydrogens (tertiary/aromatic N) is 1. The molecule has 2 N–H and O–H groups in total. The van der Waals surface area contributed by atoms with Crippen LogP contribution in [0.25, 0.3) is 0 Å². The number of halogens is 1. The monoisotopic (exact) mass is 401 g/mol. The Labute approximate surface area is 173 Å². The minimum atomic E-state index is 0.594. The van der Waals surface area contributed by atoms with Crippen molar-refractivity contribution >= 4 is 34.6 Å². The molecule has 144 valence electrons. The largest absolute Gasteiger partial charge is 0.358 e. The maximum Gasteiger partial charge on any atom is 0.171 e. The molecule has 3 rings (SSSR count). The summed E-state index contributed by atoms with van der Waals surface area (Å²) >= 11 is 11.9. The molecule has 1 aliphatic heterocycles. The number of benzene rings is 2. The molecule has 1 fully saturated rings. The summed E-state index contributed by atoms with van der Waals surface area (Å²) in [5.41, 5.74) is 5.78. The molecule has 1 aliphatic rings. The Morgan fingerprint density at radius 2 is 1.78 bits per heavy atom. The zero-order valence-electron chi connectivity index (χ0n) is 16.1. The molecule has 0 aliphatic carbocycles. The molecule has 5 heteroatoms. The van der Waals surface area contributed by atoms with E-state index < -0.39 is 0 Å². The van der Waals surface area contributed by atoms with Crippen LogP contribution in [0, 0.1) is 13.8 Å². The summed E-state index contributed by atoms with van der Waals surface area (Å²) in [7, 11) is 0. The Hall–Kier alpha value is -1.62. The van der Waals surface area contributed by atoms with Crippen LogP contribution in [-0.2, 0) is 13.1 Å². The fourth-order valence-electron chi connectivity index (χ4n) is 3.65. The van der Waals surface area contributed by atoms with Gasteiger partial charge in [-0.15, -0.1) is 0 Å². The lowest BCUT2D eigenvalue weighted by Gasteiger charge is -2.27. The van der Waals surface area contributed by atoms with Gasteiger partial charge in [-0.3, -0.25) is 4.90 Å². The molecule has 0 aromatic heterocycles. The van der Waals surface area contributed by atoms with Gasteiger partial charge in [0.1, 0.15) is 0 Å². The van der Waals surface area contributed by atoms with Crippen molar-refractivity contribution in [3.05, 3.63) is 63.7 Å². The minimum absolute atomic E-state index is 0.594. The van der Waals surface area contributed by atoms with Gasteiger partial charge in [0.2, 0.25) is 0 Å². The van der Waals surface area contributed by atoms with Crippen LogP contribution < -0.4 is 10.6 Å². The van der Waals surface area contributed by atoms with Crippen molar-refractivity contribution in [2.24, 2.45) is 0 Å². The number of piperidine rings is 1. The van der Waals surface area contributed by atoms with Gasteiger partial charge in [0.25, 0.3) is 0 Å². The highest BCUT2D eigenvalue weighted by molar-refractivity contribution is 7.80. The van der Waals surface area contributed by atoms with Crippen molar-refractivity contribution in [3.63, 3.8) is 0 Å². The Morgan fingerprint density at radius 1 is 1.07 bits per heavy atom. The zero-order chi connectivity index (χ0) is 19.2. The lowest BCUT2D eigenvalue weighted by atomic mass is 10.0. The predicted molar refractivity (Wildman–Crippen MR) is 120 cm³/mol. The Balaban J connectivity index is 1.60. The summed E-state index contributed by atoms with van der Waals surface area (Å²) < 4.78 is 0. The van der Waals surface area contributed by atoms with Crippen LogP contribution in [-0.4, -0.2) is 23.1 Å². The Morgan fingerprint density at radius 3 is 2.48 bits per heavy atom. The lowest BCUT2D eigenvalue weighted by molar-refractivity contribution is 0.220. The van der Waals surface area contributed by atoms with Crippen LogP contribution in [0.1, 0.15) is 41.5 Å². The third-order valence-electron chi connectivity index (χ3n) is 5.07. The fraction of sp³-hybridized carbons (Fsp3) is 0.409. The summed E-state index contributed by atoms with van der Waals surface area (Å²) in [6.07, 6.45) is 3.98. The van der Waals surface area contributed by atoms with Crippen LogP contribution in [0.15, 0.2) is 36.4 Å². The molecule has 0 unspecified atom stereocenters. The van der Waals surface area contributed by atoms with Crippen LogP contribution >= 0.6 is 23.8 Å². The van der Waals surface area contributed by atoms with Gasteiger partial charge in [0.05, 0.1) is 10.7 Å². The van der Waals surface area contributed by atoms with Gasteiger partial charge < -0.3 is 10.6 Å². The Bertz CT molecular complexity index is 777. The SMILES string of the molecule is Cc1cc(C)c(NC(=S)NCc2ccccc2CN2CCCCC2)c(Cl)c1.